The maximum atomic E-state index is 11.9. The predicted octanol–water partition coefficient (Wildman–Crippen LogP) is 2.33. The molecule has 0 spiro atoms. The first-order valence-electron chi connectivity index (χ1n) is 6.11. The molecule has 0 aliphatic rings. The van der Waals surface area contributed by atoms with Crippen molar-refractivity contribution in [1.29, 1.82) is 0 Å². The largest absolute Gasteiger partial charge is 0.495 e. The summed E-state index contributed by atoms with van der Waals surface area (Å²) in [5, 5.41) is 2.92. The highest BCUT2D eigenvalue weighted by molar-refractivity contribution is 5.81. The number of amides is 1. The molecule has 4 heteroatoms. The van der Waals surface area contributed by atoms with Crippen molar-refractivity contribution < 1.29 is 9.53 Å². The molecule has 3 N–H and O–H groups in total. The van der Waals surface area contributed by atoms with Gasteiger partial charge in [0, 0.05) is 12.0 Å². The minimum absolute atomic E-state index is 0.0550. The fourth-order valence-electron chi connectivity index (χ4n) is 1.48. The number of anilines is 1. The summed E-state index contributed by atoms with van der Waals surface area (Å²) in [7, 11) is 1.58. The summed E-state index contributed by atoms with van der Waals surface area (Å²) in [4.78, 5) is 11.9. The highest BCUT2D eigenvalue weighted by atomic mass is 16.5. The van der Waals surface area contributed by atoms with E-state index in [1.165, 1.54) is 0 Å². The van der Waals surface area contributed by atoms with Gasteiger partial charge in [-0.25, -0.2) is 0 Å². The van der Waals surface area contributed by atoms with Gasteiger partial charge in [-0.05, 0) is 24.1 Å². The van der Waals surface area contributed by atoms with Gasteiger partial charge in [0.2, 0.25) is 5.91 Å². The highest BCUT2D eigenvalue weighted by Crippen LogP contribution is 2.23. The molecule has 0 saturated heterocycles. The Morgan fingerprint density at radius 3 is 2.61 bits per heavy atom. The number of benzene rings is 1. The van der Waals surface area contributed by atoms with Gasteiger partial charge in [-0.2, -0.15) is 0 Å². The minimum atomic E-state index is -0.335. The molecule has 0 radical (unpaired) electrons. The van der Waals surface area contributed by atoms with Crippen LogP contribution in [0.4, 0.5) is 5.69 Å². The standard InChI is InChI=1S/C14H22N2O2/c1-5-14(2,3)13(17)16-9-10-6-7-12(18-4)11(15)8-10/h6-8H,5,9,15H2,1-4H3,(H,16,17). The van der Waals surface area contributed by atoms with E-state index in [2.05, 4.69) is 5.32 Å². The zero-order valence-electron chi connectivity index (χ0n) is 11.5. The molecule has 0 heterocycles. The molecule has 100 valence electrons. The maximum Gasteiger partial charge on any atom is 0.225 e. The summed E-state index contributed by atoms with van der Waals surface area (Å²) in [5.74, 6) is 0.707. The first-order valence-corrected chi connectivity index (χ1v) is 6.11. The van der Waals surface area contributed by atoms with Crippen LogP contribution >= 0.6 is 0 Å². The number of methoxy groups -OCH3 is 1. The molecular weight excluding hydrogens is 228 g/mol. The Morgan fingerprint density at radius 2 is 2.11 bits per heavy atom. The maximum absolute atomic E-state index is 11.9. The van der Waals surface area contributed by atoms with E-state index in [-0.39, 0.29) is 11.3 Å². The lowest BCUT2D eigenvalue weighted by Crippen LogP contribution is -2.35. The third kappa shape index (κ3) is 3.39. The lowest BCUT2D eigenvalue weighted by Gasteiger charge is -2.21. The molecule has 1 aromatic carbocycles. The van der Waals surface area contributed by atoms with Crippen LogP contribution in [0.25, 0.3) is 0 Å². The Balaban J connectivity index is 2.64. The molecule has 0 fully saturated rings. The number of hydrogen-bond donors (Lipinski definition) is 2. The first kappa shape index (κ1) is 14.4. The first-order chi connectivity index (χ1) is 8.40. The van der Waals surface area contributed by atoms with Gasteiger partial charge in [0.25, 0.3) is 0 Å². The topological polar surface area (TPSA) is 64.3 Å². The van der Waals surface area contributed by atoms with Crippen LogP contribution < -0.4 is 15.8 Å². The third-order valence-electron chi connectivity index (χ3n) is 3.25. The molecular formula is C14H22N2O2. The second-order valence-electron chi connectivity index (χ2n) is 5.00. The van der Waals surface area contributed by atoms with Gasteiger partial charge in [0.15, 0.2) is 0 Å². The number of carbonyl (C=O) groups excluding carboxylic acids is 1. The zero-order valence-corrected chi connectivity index (χ0v) is 11.5. The second kappa shape index (κ2) is 5.76. The van der Waals surface area contributed by atoms with Crippen molar-refractivity contribution in [3.63, 3.8) is 0 Å². The monoisotopic (exact) mass is 250 g/mol. The summed E-state index contributed by atoms with van der Waals surface area (Å²) in [6.45, 7) is 6.36. The number of ether oxygens (including phenoxy) is 1. The van der Waals surface area contributed by atoms with E-state index in [9.17, 15) is 4.79 Å². The van der Waals surface area contributed by atoms with E-state index in [0.717, 1.165) is 12.0 Å². The van der Waals surface area contributed by atoms with Crippen molar-refractivity contribution in [1.82, 2.24) is 5.32 Å². The van der Waals surface area contributed by atoms with Gasteiger partial charge >= 0.3 is 0 Å². The molecule has 0 aliphatic carbocycles. The molecule has 0 atom stereocenters. The number of nitrogens with one attached hydrogen (secondary N) is 1. The second-order valence-corrected chi connectivity index (χ2v) is 5.00. The average Bonchev–Trinajstić information content (AvgIpc) is 2.36. The van der Waals surface area contributed by atoms with Crippen molar-refractivity contribution in [3.8, 4) is 5.75 Å². The van der Waals surface area contributed by atoms with E-state index >= 15 is 0 Å². The number of carbonyl (C=O) groups is 1. The van der Waals surface area contributed by atoms with E-state index in [4.69, 9.17) is 10.5 Å². The summed E-state index contributed by atoms with van der Waals surface area (Å²) in [5.41, 5.74) is 7.03. The van der Waals surface area contributed by atoms with Gasteiger partial charge in [-0.15, -0.1) is 0 Å². The molecule has 0 bridgehead atoms. The van der Waals surface area contributed by atoms with Crippen LogP contribution in [0.2, 0.25) is 0 Å². The predicted molar refractivity (Wildman–Crippen MR) is 73.3 cm³/mol. The number of hydrogen-bond acceptors (Lipinski definition) is 3. The van der Waals surface area contributed by atoms with Gasteiger partial charge in [-0.3, -0.25) is 4.79 Å². The van der Waals surface area contributed by atoms with Crippen LogP contribution in [-0.4, -0.2) is 13.0 Å². The lowest BCUT2D eigenvalue weighted by atomic mass is 9.89. The quantitative estimate of drug-likeness (QED) is 0.788. The molecule has 0 aliphatic heterocycles. The van der Waals surface area contributed by atoms with E-state index in [0.29, 0.717) is 18.0 Å². The Labute approximate surface area is 109 Å². The SMILES string of the molecule is CCC(C)(C)C(=O)NCc1ccc(OC)c(N)c1. The van der Waals surface area contributed by atoms with Gasteiger partial charge in [0.05, 0.1) is 12.8 Å². The van der Waals surface area contributed by atoms with Crippen LogP contribution in [0.1, 0.15) is 32.8 Å². The highest BCUT2D eigenvalue weighted by Gasteiger charge is 2.24. The van der Waals surface area contributed by atoms with Crippen molar-refractivity contribution in [2.24, 2.45) is 5.41 Å². The molecule has 0 aromatic heterocycles. The molecule has 4 nitrogen and oxygen atoms in total. The summed E-state index contributed by atoms with van der Waals surface area (Å²) >= 11 is 0. The van der Waals surface area contributed by atoms with Crippen molar-refractivity contribution in [3.05, 3.63) is 23.8 Å². The van der Waals surface area contributed by atoms with Crippen molar-refractivity contribution >= 4 is 11.6 Å². The van der Waals surface area contributed by atoms with Crippen LogP contribution in [-0.2, 0) is 11.3 Å². The summed E-state index contributed by atoms with van der Waals surface area (Å²) < 4.78 is 5.08. The van der Waals surface area contributed by atoms with Crippen LogP contribution in [0.3, 0.4) is 0 Å². The number of rotatable bonds is 5. The Kier molecular flexibility index (Phi) is 4.59. The Morgan fingerprint density at radius 1 is 1.44 bits per heavy atom. The Bertz CT molecular complexity index is 428. The Hall–Kier alpha value is -1.71. The number of nitrogen functional groups attached to an aromatic ring is 1. The van der Waals surface area contributed by atoms with E-state index in [1.807, 2.05) is 39.0 Å². The van der Waals surface area contributed by atoms with E-state index in [1.54, 1.807) is 7.11 Å². The molecule has 1 aromatic rings. The molecule has 0 saturated carbocycles. The van der Waals surface area contributed by atoms with Gasteiger partial charge < -0.3 is 15.8 Å². The molecule has 18 heavy (non-hydrogen) atoms. The summed E-state index contributed by atoms with van der Waals surface area (Å²) in [6, 6.07) is 5.52. The third-order valence-corrected chi connectivity index (χ3v) is 3.25. The minimum Gasteiger partial charge on any atom is -0.495 e. The average molecular weight is 250 g/mol. The van der Waals surface area contributed by atoms with Crippen LogP contribution in [0.5, 0.6) is 5.75 Å². The van der Waals surface area contributed by atoms with Crippen LogP contribution in [0, 0.1) is 5.41 Å². The normalized spacial score (nSPS) is 11.1. The summed E-state index contributed by atoms with van der Waals surface area (Å²) in [6.07, 6.45) is 0.809. The van der Waals surface area contributed by atoms with Gasteiger partial charge in [-0.1, -0.05) is 26.8 Å². The van der Waals surface area contributed by atoms with Crippen molar-refractivity contribution in [2.75, 3.05) is 12.8 Å². The lowest BCUT2D eigenvalue weighted by molar-refractivity contribution is -0.129. The molecule has 1 amide bonds. The fraction of sp³-hybridized carbons (Fsp3) is 0.500. The zero-order chi connectivity index (χ0) is 13.8. The van der Waals surface area contributed by atoms with E-state index < -0.39 is 0 Å². The number of nitrogens with two attached hydrogens (primary N) is 1. The smallest absolute Gasteiger partial charge is 0.225 e. The molecule has 0 unspecified atom stereocenters. The van der Waals surface area contributed by atoms with Crippen LogP contribution in [0.15, 0.2) is 18.2 Å². The fourth-order valence-corrected chi connectivity index (χ4v) is 1.48. The molecule has 1 rings (SSSR count). The van der Waals surface area contributed by atoms with Gasteiger partial charge in [0.1, 0.15) is 5.75 Å². The van der Waals surface area contributed by atoms with Crippen molar-refractivity contribution in [2.45, 2.75) is 33.7 Å².